The normalized spacial score (nSPS) is 17.2. The molecule has 1 aromatic heterocycles. The van der Waals surface area contributed by atoms with E-state index in [4.69, 9.17) is 0 Å². The van der Waals surface area contributed by atoms with Crippen LogP contribution in [-0.2, 0) is 20.0 Å². The van der Waals surface area contributed by atoms with Crippen LogP contribution in [0.3, 0.4) is 0 Å². The molecule has 2 N–H and O–H groups in total. The van der Waals surface area contributed by atoms with Gasteiger partial charge in [0.25, 0.3) is 0 Å². The van der Waals surface area contributed by atoms with Crippen molar-refractivity contribution in [3.8, 4) is 0 Å². The number of rotatable bonds is 7. The molecule has 23 heavy (non-hydrogen) atoms. The predicted molar refractivity (Wildman–Crippen MR) is 87.1 cm³/mol. The Morgan fingerprint density at radius 3 is 2.30 bits per heavy atom. The van der Waals surface area contributed by atoms with Gasteiger partial charge in [-0.2, -0.15) is 9.40 Å². The molecule has 1 fully saturated rings. The zero-order valence-electron chi connectivity index (χ0n) is 13.7. The lowest BCUT2D eigenvalue weighted by molar-refractivity contribution is 0.328. The quantitative estimate of drug-likeness (QED) is 0.732. The molecule has 2 rings (SSSR count). The summed E-state index contributed by atoms with van der Waals surface area (Å²) < 4.78 is 52.5. The fraction of sp³-hybridized carbons (Fsp3) is 0.769. The van der Waals surface area contributed by atoms with Crippen LogP contribution in [0.4, 0.5) is 0 Å². The van der Waals surface area contributed by atoms with Crippen molar-refractivity contribution in [3.05, 3.63) is 11.4 Å². The van der Waals surface area contributed by atoms with Gasteiger partial charge in [0, 0.05) is 19.1 Å². The monoisotopic (exact) mass is 364 g/mol. The van der Waals surface area contributed by atoms with E-state index in [2.05, 4.69) is 14.9 Å². The molecule has 0 saturated heterocycles. The van der Waals surface area contributed by atoms with Gasteiger partial charge in [0.15, 0.2) is 0 Å². The molecule has 0 aromatic carbocycles. The molecular weight excluding hydrogens is 340 g/mol. The Morgan fingerprint density at radius 2 is 1.83 bits per heavy atom. The predicted octanol–water partition coefficient (Wildman–Crippen LogP) is 0.509. The number of nitrogens with one attached hydrogen (secondary N) is 2. The number of hydrogen-bond donors (Lipinski definition) is 2. The van der Waals surface area contributed by atoms with Gasteiger partial charge in [-0.05, 0) is 26.7 Å². The van der Waals surface area contributed by atoms with Crippen molar-refractivity contribution >= 4 is 20.0 Å². The van der Waals surface area contributed by atoms with Gasteiger partial charge < -0.3 is 0 Å². The molecule has 1 aliphatic carbocycles. The molecule has 1 aromatic rings. The maximum atomic E-state index is 12.3. The van der Waals surface area contributed by atoms with Crippen molar-refractivity contribution in [2.75, 3.05) is 19.3 Å². The molecule has 1 heterocycles. The fourth-order valence-electron chi connectivity index (χ4n) is 3.11. The first kappa shape index (κ1) is 18.4. The number of aromatic nitrogens is 2. The van der Waals surface area contributed by atoms with Crippen LogP contribution in [0.1, 0.15) is 37.1 Å². The average Bonchev–Trinajstić information content (AvgIpc) is 3.03. The van der Waals surface area contributed by atoms with E-state index in [0.717, 1.165) is 25.7 Å². The summed E-state index contributed by atoms with van der Waals surface area (Å²) in [5.74, 6) is 0. The third kappa shape index (κ3) is 4.31. The Morgan fingerprint density at radius 1 is 1.22 bits per heavy atom. The molecule has 0 atom stereocenters. The maximum absolute atomic E-state index is 12.3. The molecule has 0 bridgehead atoms. The molecule has 0 spiro atoms. The van der Waals surface area contributed by atoms with Gasteiger partial charge in [-0.3, -0.25) is 5.10 Å². The second-order valence-electron chi connectivity index (χ2n) is 5.97. The standard InChI is InChI=1S/C13H24N4O4S2/c1-10-13(11(2)16-15-10)23(20,21)14-8-9-17(22(3,18)19)12-6-4-5-7-12/h12,14H,4-9H2,1-3H3,(H,15,16). The number of H-pyrrole nitrogens is 1. The summed E-state index contributed by atoms with van der Waals surface area (Å²) in [6.07, 6.45) is 4.86. The number of sulfonamides is 2. The molecule has 0 aliphatic heterocycles. The molecule has 132 valence electrons. The number of aromatic amines is 1. The Hall–Kier alpha value is -0.970. The Kier molecular flexibility index (Phi) is 5.49. The molecular formula is C13H24N4O4S2. The van der Waals surface area contributed by atoms with Crippen molar-refractivity contribution in [2.45, 2.75) is 50.5 Å². The summed E-state index contributed by atoms with van der Waals surface area (Å²) >= 11 is 0. The maximum Gasteiger partial charge on any atom is 0.244 e. The summed E-state index contributed by atoms with van der Waals surface area (Å²) in [6.45, 7) is 3.42. The van der Waals surface area contributed by atoms with Crippen molar-refractivity contribution < 1.29 is 16.8 Å². The van der Waals surface area contributed by atoms with Crippen LogP contribution in [0.25, 0.3) is 0 Å². The van der Waals surface area contributed by atoms with E-state index < -0.39 is 20.0 Å². The highest BCUT2D eigenvalue weighted by Crippen LogP contribution is 2.25. The summed E-state index contributed by atoms with van der Waals surface area (Å²) in [4.78, 5) is 0.129. The molecule has 0 unspecified atom stereocenters. The van der Waals surface area contributed by atoms with Crippen LogP contribution < -0.4 is 4.72 Å². The first-order valence-electron chi connectivity index (χ1n) is 7.61. The largest absolute Gasteiger partial charge is 0.281 e. The number of hydrogen-bond acceptors (Lipinski definition) is 5. The van der Waals surface area contributed by atoms with E-state index >= 15 is 0 Å². The van der Waals surface area contributed by atoms with Gasteiger partial charge in [-0.25, -0.2) is 21.6 Å². The minimum atomic E-state index is -3.71. The summed E-state index contributed by atoms with van der Waals surface area (Å²) in [5, 5.41) is 6.51. The number of nitrogens with zero attached hydrogens (tertiary/aromatic N) is 2. The zero-order chi connectivity index (χ0) is 17.3. The van der Waals surface area contributed by atoms with E-state index in [0.29, 0.717) is 11.4 Å². The van der Waals surface area contributed by atoms with Crippen LogP contribution in [0.5, 0.6) is 0 Å². The van der Waals surface area contributed by atoms with Crippen molar-refractivity contribution in [2.24, 2.45) is 0 Å². The molecule has 8 nitrogen and oxygen atoms in total. The molecule has 0 radical (unpaired) electrons. The minimum absolute atomic E-state index is 0.0214. The SMILES string of the molecule is Cc1n[nH]c(C)c1S(=O)(=O)NCCN(C1CCCC1)S(C)(=O)=O. The molecule has 1 saturated carbocycles. The first-order chi connectivity index (χ1) is 10.6. The van der Waals surface area contributed by atoms with Gasteiger partial charge in [0.1, 0.15) is 4.90 Å². The van der Waals surface area contributed by atoms with Crippen LogP contribution in [0, 0.1) is 13.8 Å². The summed E-state index contributed by atoms with van der Waals surface area (Å²) in [6, 6.07) is -0.0214. The summed E-state index contributed by atoms with van der Waals surface area (Å²) in [7, 11) is -7.06. The van der Waals surface area contributed by atoms with Gasteiger partial charge in [0.2, 0.25) is 20.0 Å². The smallest absolute Gasteiger partial charge is 0.244 e. The van der Waals surface area contributed by atoms with Gasteiger partial charge in [0.05, 0.1) is 17.6 Å². The van der Waals surface area contributed by atoms with Gasteiger partial charge >= 0.3 is 0 Å². The third-order valence-electron chi connectivity index (χ3n) is 4.11. The van der Waals surface area contributed by atoms with E-state index in [-0.39, 0.29) is 24.0 Å². The highest BCUT2D eigenvalue weighted by Gasteiger charge is 2.29. The van der Waals surface area contributed by atoms with Crippen LogP contribution in [0.2, 0.25) is 0 Å². The Bertz CT molecular complexity index is 729. The highest BCUT2D eigenvalue weighted by atomic mass is 32.2. The lowest BCUT2D eigenvalue weighted by Gasteiger charge is -2.26. The van der Waals surface area contributed by atoms with Crippen LogP contribution in [0.15, 0.2) is 4.90 Å². The van der Waals surface area contributed by atoms with E-state index in [9.17, 15) is 16.8 Å². The lowest BCUT2D eigenvalue weighted by Crippen LogP contribution is -2.43. The third-order valence-corrected chi connectivity index (χ3v) is 7.17. The van der Waals surface area contributed by atoms with Crippen molar-refractivity contribution in [3.63, 3.8) is 0 Å². The lowest BCUT2D eigenvalue weighted by atomic mass is 10.2. The highest BCUT2D eigenvalue weighted by molar-refractivity contribution is 7.89. The van der Waals surface area contributed by atoms with Crippen molar-refractivity contribution in [1.82, 2.24) is 19.2 Å². The average molecular weight is 364 g/mol. The first-order valence-corrected chi connectivity index (χ1v) is 10.9. The second kappa shape index (κ2) is 6.88. The molecule has 0 amide bonds. The van der Waals surface area contributed by atoms with E-state index in [1.54, 1.807) is 13.8 Å². The molecule has 10 heteroatoms. The van der Waals surface area contributed by atoms with E-state index in [1.165, 1.54) is 10.6 Å². The molecule has 1 aliphatic rings. The van der Waals surface area contributed by atoms with Crippen molar-refractivity contribution in [1.29, 1.82) is 0 Å². The number of aryl methyl sites for hydroxylation is 2. The van der Waals surface area contributed by atoms with E-state index in [1.807, 2.05) is 0 Å². The second-order valence-corrected chi connectivity index (χ2v) is 9.61. The fourth-order valence-corrected chi connectivity index (χ4v) is 5.67. The van der Waals surface area contributed by atoms with Crippen LogP contribution in [-0.4, -0.2) is 56.7 Å². The topological polar surface area (TPSA) is 112 Å². The Labute approximate surface area is 137 Å². The van der Waals surface area contributed by atoms with Crippen LogP contribution >= 0.6 is 0 Å². The van der Waals surface area contributed by atoms with Gasteiger partial charge in [-0.1, -0.05) is 12.8 Å². The van der Waals surface area contributed by atoms with Gasteiger partial charge in [-0.15, -0.1) is 0 Å². The summed E-state index contributed by atoms with van der Waals surface area (Å²) in [5.41, 5.74) is 0.858. The Balaban J connectivity index is 2.05. The zero-order valence-corrected chi connectivity index (χ0v) is 15.3. The minimum Gasteiger partial charge on any atom is -0.281 e.